The molecule has 2 rings (SSSR count). The number of nitrogens with zero attached hydrogens (tertiary/aromatic N) is 1. The van der Waals surface area contributed by atoms with Gasteiger partial charge in [0.1, 0.15) is 6.61 Å². The van der Waals surface area contributed by atoms with Crippen LogP contribution in [0.25, 0.3) is 0 Å². The van der Waals surface area contributed by atoms with Crippen LogP contribution in [0.1, 0.15) is 26.5 Å². The number of pyridine rings is 1. The maximum Gasteiger partial charge on any atom is 0.251 e. The van der Waals surface area contributed by atoms with Crippen molar-refractivity contribution >= 4 is 17.2 Å². The number of aliphatic hydroxyl groups is 1. The highest BCUT2D eigenvalue weighted by Gasteiger charge is 2.07. The largest absolute Gasteiger partial charge is 0.384 e. The van der Waals surface area contributed by atoms with Crippen molar-refractivity contribution in [2.45, 2.75) is 13.5 Å². The van der Waals surface area contributed by atoms with E-state index in [4.69, 9.17) is 5.11 Å². The number of aliphatic hydroxyl groups excluding tert-OH is 1. The fourth-order valence-corrected chi connectivity index (χ4v) is 2.44. The lowest BCUT2D eigenvalue weighted by molar-refractivity contribution is 0.0951. The summed E-state index contributed by atoms with van der Waals surface area (Å²) >= 11 is 1.53. The quantitative estimate of drug-likeness (QED) is 0.845. The van der Waals surface area contributed by atoms with E-state index >= 15 is 0 Å². The number of aromatic nitrogens is 1. The van der Waals surface area contributed by atoms with E-state index in [-0.39, 0.29) is 12.5 Å². The number of carbonyl (C=O) groups is 1. The molecule has 2 N–H and O–H groups in total. The van der Waals surface area contributed by atoms with E-state index in [1.54, 1.807) is 18.3 Å². The van der Waals surface area contributed by atoms with Crippen LogP contribution in [0.15, 0.2) is 29.8 Å². The molecule has 0 fully saturated rings. The van der Waals surface area contributed by atoms with E-state index < -0.39 is 0 Å². The second-order valence-corrected chi connectivity index (χ2v) is 5.09. The molecule has 0 unspecified atom stereocenters. The molecule has 2 aromatic heterocycles. The third-order valence-corrected chi connectivity index (χ3v) is 3.54. The van der Waals surface area contributed by atoms with Crippen molar-refractivity contribution in [2.75, 3.05) is 6.61 Å². The molecule has 0 saturated heterocycles. The summed E-state index contributed by atoms with van der Waals surface area (Å²) < 4.78 is 0. The normalized spacial score (nSPS) is 9.70. The van der Waals surface area contributed by atoms with Crippen molar-refractivity contribution in [3.63, 3.8) is 0 Å². The zero-order valence-corrected chi connectivity index (χ0v) is 11.8. The van der Waals surface area contributed by atoms with Crippen molar-refractivity contribution in [3.05, 3.63) is 51.5 Å². The number of nitrogens with one attached hydrogen (secondary N) is 1. The van der Waals surface area contributed by atoms with Gasteiger partial charge in [0.05, 0.1) is 6.54 Å². The Bertz CT molecular complexity index is 668. The summed E-state index contributed by atoms with van der Waals surface area (Å²) in [6, 6.07) is 5.31. The predicted octanol–water partition coefficient (Wildman–Crippen LogP) is 1.73. The first-order chi connectivity index (χ1) is 9.70. The van der Waals surface area contributed by atoms with Gasteiger partial charge in [-0.2, -0.15) is 0 Å². The summed E-state index contributed by atoms with van der Waals surface area (Å²) in [5.74, 6) is 5.34. The molecule has 1 amide bonds. The monoisotopic (exact) mass is 286 g/mol. The van der Waals surface area contributed by atoms with Gasteiger partial charge in [-0.1, -0.05) is 11.8 Å². The van der Waals surface area contributed by atoms with Crippen LogP contribution in [0.2, 0.25) is 0 Å². The van der Waals surface area contributed by atoms with E-state index in [0.717, 1.165) is 16.1 Å². The van der Waals surface area contributed by atoms with Gasteiger partial charge in [-0.25, -0.2) is 0 Å². The van der Waals surface area contributed by atoms with Gasteiger partial charge in [-0.3, -0.25) is 9.78 Å². The van der Waals surface area contributed by atoms with Gasteiger partial charge < -0.3 is 10.4 Å². The summed E-state index contributed by atoms with van der Waals surface area (Å²) in [5.41, 5.74) is 2.25. The first kappa shape index (κ1) is 14.3. The fourth-order valence-electron chi connectivity index (χ4n) is 1.67. The number of rotatable bonds is 3. The molecule has 2 aromatic rings. The molecule has 0 atom stereocenters. The molecule has 4 nitrogen and oxygen atoms in total. The van der Waals surface area contributed by atoms with Crippen LogP contribution in [0.5, 0.6) is 0 Å². The predicted molar refractivity (Wildman–Crippen MR) is 78.4 cm³/mol. The van der Waals surface area contributed by atoms with Crippen LogP contribution in [0.3, 0.4) is 0 Å². The van der Waals surface area contributed by atoms with E-state index in [1.165, 1.54) is 11.3 Å². The Balaban J connectivity index is 2.02. The van der Waals surface area contributed by atoms with Gasteiger partial charge in [0, 0.05) is 27.9 Å². The number of hydrogen-bond donors (Lipinski definition) is 2. The second-order valence-electron chi connectivity index (χ2n) is 4.09. The molecule has 2 heterocycles. The Morgan fingerprint density at radius 2 is 2.35 bits per heavy atom. The van der Waals surface area contributed by atoms with Crippen LogP contribution in [-0.4, -0.2) is 22.6 Å². The van der Waals surface area contributed by atoms with Crippen molar-refractivity contribution in [1.29, 1.82) is 0 Å². The molecular formula is C15H14N2O2S. The van der Waals surface area contributed by atoms with Gasteiger partial charge in [0.15, 0.2) is 0 Å². The summed E-state index contributed by atoms with van der Waals surface area (Å²) in [6.07, 6.45) is 1.62. The highest BCUT2D eigenvalue weighted by molar-refractivity contribution is 7.10. The Morgan fingerprint density at radius 1 is 1.50 bits per heavy atom. The average Bonchev–Trinajstić information content (AvgIpc) is 2.90. The summed E-state index contributed by atoms with van der Waals surface area (Å²) in [4.78, 5) is 17.0. The number of hydrogen-bond acceptors (Lipinski definition) is 4. The van der Waals surface area contributed by atoms with Crippen molar-refractivity contribution < 1.29 is 9.90 Å². The van der Waals surface area contributed by atoms with Gasteiger partial charge >= 0.3 is 0 Å². The first-order valence-corrected chi connectivity index (χ1v) is 6.95. The molecule has 0 aliphatic carbocycles. The molecule has 0 aliphatic rings. The highest BCUT2D eigenvalue weighted by atomic mass is 32.1. The van der Waals surface area contributed by atoms with Crippen LogP contribution in [0.4, 0.5) is 0 Å². The zero-order chi connectivity index (χ0) is 14.4. The van der Waals surface area contributed by atoms with Gasteiger partial charge in [0.25, 0.3) is 5.91 Å². The minimum Gasteiger partial charge on any atom is -0.384 e. The molecule has 20 heavy (non-hydrogen) atoms. The molecule has 0 radical (unpaired) electrons. The molecule has 0 bridgehead atoms. The van der Waals surface area contributed by atoms with Crippen molar-refractivity contribution in [2.24, 2.45) is 0 Å². The molecule has 5 heteroatoms. The summed E-state index contributed by atoms with van der Waals surface area (Å²) in [7, 11) is 0. The number of thiophene rings is 1. The molecule has 102 valence electrons. The molecule has 0 spiro atoms. The van der Waals surface area contributed by atoms with Crippen molar-refractivity contribution in [1.82, 2.24) is 10.3 Å². The van der Waals surface area contributed by atoms with E-state index in [1.807, 2.05) is 18.4 Å². The summed E-state index contributed by atoms with van der Waals surface area (Å²) in [5, 5.41) is 13.5. The van der Waals surface area contributed by atoms with E-state index in [0.29, 0.717) is 12.1 Å². The minimum atomic E-state index is -0.169. The lowest BCUT2D eigenvalue weighted by Crippen LogP contribution is -2.22. The topological polar surface area (TPSA) is 62.2 Å². The Labute approximate surface area is 121 Å². The zero-order valence-electron chi connectivity index (χ0n) is 11.0. The van der Waals surface area contributed by atoms with E-state index in [9.17, 15) is 4.79 Å². The minimum absolute atomic E-state index is 0.134. The standard InChI is InChI=1S/C15H14N2O2S/c1-11-9-13(4-6-16-11)15(19)17-10-14-12(3-2-7-18)5-8-20-14/h4-6,8-9,18H,7,10H2,1H3,(H,17,19). The Hall–Kier alpha value is -2.16. The van der Waals surface area contributed by atoms with Gasteiger partial charge in [-0.05, 0) is 30.5 Å². The lowest BCUT2D eigenvalue weighted by atomic mass is 10.2. The number of carbonyl (C=O) groups excluding carboxylic acids is 1. The maximum absolute atomic E-state index is 12.0. The SMILES string of the molecule is Cc1cc(C(=O)NCc2sccc2C#CCO)ccn1. The lowest BCUT2D eigenvalue weighted by Gasteiger charge is -2.04. The van der Waals surface area contributed by atoms with Crippen LogP contribution in [-0.2, 0) is 6.54 Å². The second kappa shape index (κ2) is 6.85. The third-order valence-electron chi connectivity index (χ3n) is 2.62. The molecular weight excluding hydrogens is 272 g/mol. The molecule has 0 saturated carbocycles. The van der Waals surface area contributed by atoms with Crippen LogP contribution >= 0.6 is 11.3 Å². The fraction of sp³-hybridized carbons (Fsp3) is 0.200. The molecule has 0 aliphatic heterocycles. The van der Waals surface area contributed by atoms with Crippen molar-refractivity contribution in [3.8, 4) is 11.8 Å². The first-order valence-electron chi connectivity index (χ1n) is 6.07. The highest BCUT2D eigenvalue weighted by Crippen LogP contribution is 2.15. The number of amides is 1. The van der Waals surface area contributed by atoms with Gasteiger partial charge in [0.2, 0.25) is 0 Å². The van der Waals surface area contributed by atoms with Crippen LogP contribution in [0, 0.1) is 18.8 Å². The molecule has 0 aromatic carbocycles. The smallest absolute Gasteiger partial charge is 0.251 e. The Kier molecular flexibility index (Phi) is 4.88. The van der Waals surface area contributed by atoms with E-state index in [2.05, 4.69) is 22.1 Å². The average molecular weight is 286 g/mol. The van der Waals surface area contributed by atoms with Crippen LogP contribution < -0.4 is 5.32 Å². The van der Waals surface area contributed by atoms with Gasteiger partial charge in [-0.15, -0.1) is 11.3 Å². The number of aryl methyl sites for hydroxylation is 1. The maximum atomic E-state index is 12.0. The summed E-state index contributed by atoms with van der Waals surface area (Å²) in [6.45, 7) is 2.10. The third kappa shape index (κ3) is 3.67. The Morgan fingerprint density at radius 3 is 3.10 bits per heavy atom.